The van der Waals surface area contributed by atoms with E-state index in [1.165, 1.54) is 17.7 Å². The number of ether oxygens (including phenoxy) is 2. The molecule has 1 aromatic carbocycles. The SMILES string of the molecule is c1cc2c(cc1C1=NCCC1)OCCO2. The van der Waals surface area contributed by atoms with E-state index in [1.54, 1.807) is 0 Å². The smallest absolute Gasteiger partial charge is 0.162 e. The Morgan fingerprint density at radius 1 is 1.07 bits per heavy atom. The fraction of sp³-hybridized carbons (Fsp3) is 0.417. The van der Waals surface area contributed by atoms with E-state index in [1.807, 2.05) is 12.1 Å². The van der Waals surface area contributed by atoms with Gasteiger partial charge >= 0.3 is 0 Å². The fourth-order valence-electron chi connectivity index (χ4n) is 2.00. The zero-order chi connectivity index (χ0) is 10.1. The van der Waals surface area contributed by atoms with Crippen LogP contribution in [0.1, 0.15) is 18.4 Å². The minimum atomic E-state index is 0.642. The van der Waals surface area contributed by atoms with E-state index >= 15 is 0 Å². The van der Waals surface area contributed by atoms with E-state index in [2.05, 4.69) is 11.1 Å². The lowest BCUT2D eigenvalue weighted by Crippen LogP contribution is -2.15. The van der Waals surface area contributed by atoms with Crippen molar-refractivity contribution in [3.05, 3.63) is 23.8 Å². The second-order valence-corrected chi connectivity index (χ2v) is 3.79. The third kappa shape index (κ3) is 1.58. The molecule has 2 aliphatic heterocycles. The molecule has 2 aliphatic rings. The molecule has 3 heteroatoms. The Kier molecular flexibility index (Phi) is 2.09. The van der Waals surface area contributed by atoms with Gasteiger partial charge in [-0.3, -0.25) is 4.99 Å². The van der Waals surface area contributed by atoms with E-state index in [4.69, 9.17) is 9.47 Å². The summed E-state index contributed by atoms with van der Waals surface area (Å²) in [4.78, 5) is 4.48. The lowest BCUT2D eigenvalue weighted by atomic mass is 10.1. The van der Waals surface area contributed by atoms with Crippen molar-refractivity contribution in [3.63, 3.8) is 0 Å². The summed E-state index contributed by atoms with van der Waals surface area (Å²) in [5.74, 6) is 1.71. The van der Waals surface area contributed by atoms with Crippen LogP contribution in [0.2, 0.25) is 0 Å². The van der Waals surface area contributed by atoms with Crippen molar-refractivity contribution in [3.8, 4) is 11.5 Å². The maximum absolute atomic E-state index is 5.54. The first-order valence-electron chi connectivity index (χ1n) is 5.37. The van der Waals surface area contributed by atoms with Crippen molar-refractivity contribution in [2.24, 2.45) is 4.99 Å². The molecule has 0 aromatic heterocycles. The molecule has 0 spiro atoms. The van der Waals surface area contributed by atoms with E-state index in [-0.39, 0.29) is 0 Å². The van der Waals surface area contributed by atoms with Gasteiger partial charge in [0.1, 0.15) is 13.2 Å². The van der Waals surface area contributed by atoms with Crippen LogP contribution in [-0.2, 0) is 0 Å². The predicted molar refractivity (Wildman–Crippen MR) is 58.1 cm³/mol. The largest absolute Gasteiger partial charge is 0.486 e. The van der Waals surface area contributed by atoms with Crippen LogP contribution in [0.4, 0.5) is 0 Å². The summed E-state index contributed by atoms with van der Waals surface area (Å²) >= 11 is 0. The highest BCUT2D eigenvalue weighted by molar-refractivity contribution is 6.02. The molecule has 0 atom stereocenters. The Balaban J connectivity index is 1.96. The molecule has 0 N–H and O–H groups in total. The molecule has 0 saturated carbocycles. The van der Waals surface area contributed by atoms with Crippen LogP contribution in [-0.4, -0.2) is 25.5 Å². The van der Waals surface area contributed by atoms with Gasteiger partial charge in [0.15, 0.2) is 11.5 Å². The second-order valence-electron chi connectivity index (χ2n) is 3.79. The van der Waals surface area contributed by atoms with Crippen molar-refractivity contribution in [1.29, 1.82) is 0 Å². The molecule has 0 unspecified atom stereocenters. The van der Waals surface area contributed by atoms with Crippen LogP contribution in [0.3, 0.4) is 0 Å². The molecular weight excluding hydrogens is 190 g/mol. The van der Waals surface area contributed by atoms with Crippen molar-refractivity contribution in [2.45, 2.75) is 12.8 Å². The van der Waals surface area contributed by atoms with Crippen molar-refractivity contribution >= 4 is 5.71 Å². The van der Waals surface area contributed by atoms with Crippen molar-refractivity contribution < 1.29 is 9.47 Å². The minimum Gasteiger partial charge on any atom is -0.486 e. The topological polar surface area (TPSA) is 30.8 Å². The molecule has 0 radical (unpaired) electrons. The van der Waals surface area contributed by atoms with Gasteiger partial charge in [0.05, 0.1) is 0 Å². The number of benzene rings is 1. The molecule has 0 amide bonds. The van der Waals surface area contributed by atoms with Crippen LogP contribution >= 0.6 is 0 Å². The molecule has 3 nitrogen and oxygen atoms in total. The standard InChI is InChI=1S/C12H13NO2/c1-2-10(13-5-1)9-3-4-11-12(8-9)15-7-6-14-11/h3-4,8H,1-2,5-7H2. The fourth-order valence-corrected chi connectivity index (χ4v) is 2.00. The first-order valence-corrected chi connectivity index (χ1v) is 5.37. The van der Waals surface area contributed by atoms with Crippen molar-refractivity contribution in [2.75, 3.05) is 19.8 Å². The highest BCUT2D eigenvalue weighted by Crippen LogP contribution is 2.31. The first kappa shape index (κ1) is 8.77. The maximum Gasteiger partial charge on any atom is 0.162 e. The first-order chi connectivity index (χ1) is 7.43. The van der Waals surface area contributed by atoms with Gasteiger partial charge in [0.2, 0.25) is 0 Å². The number of nitrogens with zero attached hydrogens (tertiary/aromatic N) is 1. The lowest BCUT2D eigenvalue weighted by Gasteiger charge is -2.18. The van der Waals surface area contributed by atoms with Gasteiger partial charge < -0.3 is 9.47 Å². The molecule has 1 aromatic rings. The van der Waals surface area contributed by atoms with Gasteiger partial charge in [-0.1, -0.05) is 0 Å². The predicted octanol–water partition coefficient (Wildman–Crippen LogP) is 2.04. The average molecular weight is 203 g/mol. The molecule has 78 valence electrons. The highest BCUT2D eigenvalue weighted by atomic mass is 16.6. The van der Waals surface area contributed by atoms with E-state index in [0.29, 0.717) is 13.2 Å². The Bertz CT molecular complexity index is 412. The number of fused-ring (bicyclic) bond motifs is 1. The van der Waals surface area contributed by atoms with Crippen LogP contribution in [0.15, 0.2) is 23.2 Å². The minimum absolute atomic E-state index is 0.642. The normalized spacial score (nSPS) is 18.8. The molecule has 15 heavy (non-hydrogen) atoms. The zero-order valence-corrected chi connectivity index (χ0v) is 8.53. The summed E-state index contributed by atoms with van der Waals surface area (Å²) < 4.78 is 11.0. The average Bonchev–Trinajstić information content (AvgIpc) is 2.82. The molecular formula is C12H13NO2. The second kappa shape index (κ2) is 3.57. The molecule has 3 rings (SSSR count). The molecule has 0 saturated heterocycles. The summed E-state index contributed by atoms with van der Waals surface area (Å²) in [6, 6.07) is 6.08. The quantitative estimate of drug-likeness (QED) is 0.699. The van der Waals surface area contributed by atoms with Gasteiger partial charge in [-0.05, 0) is 36.6 Å². The van der Waals surface area contributed by atoms with Gasteiger partial charge in [-0.15, -0.1) is 0 Å². The van der Waals surface area contributed by atoms with E-state index in [0.717, 1.165) is 24.5 Å². The maximum atomic E-state index is 5.54. The summed E-state index contributed by atoms with van der Waals surface area (Å²) in [7, 11) is 0. The number of aliphatic imine (C=N–C) groups is 1. The van der Waals surface area contributed by atoms with Crippen LogP contribution in [0.5, 0.6) is 11.5 Å². The molecule has 0 bridgehead atoms. The van der Waals surface area contributed by atoms with Gasteiger partial charge in [-0.2, -0.15) is 0 Å². The highest BCUT2D eigenvalue weighted by Gasteiger charge is 2.15. The Morgan fingerprint density at radius 3 is 2.73 bits per heavy atom. The number of hydrogen-bond donors (Lipinski definition) is 0. The summed E-state index contributed by atoms with van der Waals surface area (Å²) in [6.07, 6.45) is 2.25. The molecule has 2 heterocycles. The van der Waals surface area contributed by atoms with Gasteiger partial charge in [0, 0.05) is 12.3 Å². The summed E-state index contributed by atoms with van der Waals surface area (Å²) in [5, 5.41) is 0. The number of hydrogen-bond acceptors (Lipinski definition) is 3. The van der Waals surface area contributed by atoms with Crippen LogP contribution < -0.4 is 9.47 Å². The van der Waals surface area contributed by atoms with E-state index < -0.39 is 0 Å². The zero-order valence-electron chi connectivity index (χ0n) is 8.53. The van der Waals surface area contributed by atoms with Gasteiger partial charge in [-0.25, -0.2) is 0 Å². The Labute approximate surface area is 88.7 Å². The summed E-state index contributed by atoms with van der Waals surface area (Å²) in [6.45, 7) is 2.25. The Hall–Kier alpha value is -1.51. The Morgan fingerprint density at radius 2 is 1.93 bits per heavy atom. The van der Waals surface area contributed by atoms with Crippen LogP contribution in [0, 0.1) is 0 Å². The third-order valence-electron chi connectivity index (χ3n) is 2.75. The van der Waals surface area contributed by atoms with Crippen molar-refractivity contribution in [1.82, 2.24) is 0 Å². The van der Waals surface area contributed by atoms with Crippen LogP contribution in [0.25, 0.3) is 0 Å². The molecule has 0 fully saturated rings. The van der Waals surface area contributed by atoms with E-state index in [9.17, 15) is 0 Å². The van der Waals surface area contributed by atoms with Gasteiger partial charge in [0.25, 0.3) is 0 Å². The third-order valence-corrected chi connectivity index (χ3v) is 2.75. The summed E-state index contributed by atoms with van der Waals surface area (Å²) in [5.41, 5.74) is 2.38. The monoisotopic (exact) mass is 203 g/mol. The lowest BCUT2D eigenvalue weighted by molar-refractivity contribution is 0.171. The molecule has 0 aliphatic carbocycles. The number of rotatable bonds is 1.